The summed E-state index contributed by atoms with van der Waals surface area (Å²) in [5.74, 6) is 0. The molecule has 84 valence electrons. The highest BCUT2D eigenvalue weighted by Gasteiger charge is 1.99. The van der Waals surface area contributed by atoms with Gasteiger partial charge in [-0.3, -0.25) is 9.36 Å². The fourth-order valence-corrected chi connectivity index (χ4v) is 1.76. The molecule has 1 heterocycles. The number of rotatable bonds is 6. The lowest BCUT2D eigenvalue weighted by Gasteiger charge is -2.05. The zero-order chi connectivity index (χ0) is 11.1. The first kappa shape index (κ1) is 12.6. The summed E-state index contributed by atoms with van der Waals surface area (Å²) in [6.07, 6.45) is 5.30. The summed E-state index contributed by atoms with van der Waals surface area (Å²) in [5, 5.41) is 3.26. The maximum atomic E-state index is 11.6. The van der Waals surface area contributed by atoms with Gasteiger partial charge in [0.1, 0.15) is 0 Å². The highest BCUT2D eigenvalue weighted by Crippen LogP contribution is 1.95. The first-order valence-corrected chi connectivity index (χ1v) is 6.24. The summed E-state index contributed by atoms with van der Waals surface area (Å²) >= 11 is 2.02. The summed E-state index contributed by atoms with van der Waals surface area (Å²) in [5.41, 5.74) is 0.0639. The first-order chi connectivity index (χ1) is 7.25. The fraction of sp³-hybridized carbons (Fsp3) is 0.600. The molecule has 0 bridgehead atoms. The smallest absolute Gasteiger partial charge is 0.266 e. The number of hydrogen-bond donors (Lipinski definition) is 1. The lowest BCUT2D eigenvalue weighted by Crippen LogP contribution is -2.23. The molecule has 0 aliphatic rings. The predicted octanol–water partition coefficient (Wildman–Crippen LogP) is 1.24. The van der Waals surface area contributed by atoms with Crippen molar-refractivity contribution in [2.24, 2.45) is 0 Å². The zero-order valence-corrected chi connectivity index (χ0v) is 11.0. The zero-order valence-electron chi connectivity index (χ0n) is 8.87. The molecule has 5 heteroatoms. The Labute approximate surface area is 103 Å². The van der Waals surface area contributed by atoms with Crippen molar-refractivity contribution in [3.63, 3.8) is 0 Å². The Balaban J connectivity index is 2.38. The van der Waals surface area contributed by atoms with Crippen molar-refractivity contribution >= 4 is 22.6 Å². The van der Waals surface area contributed by atoms with Crippen molar-refractivity contribution in [2.75, 3.05) is 13.1 Å². The molecule has 4 nitrogen and oxygen atoms in total. The molecule has 1 aromatic heterocycles. The van der Waals surface area contributed by atoms with Crippen molar-refractivity contribution in [3.8, 4) is 0 Å². The van der Waals surface area contributed by atoms with Gasteiger partial charge in [0, 0.05) is 12.7 Å². The lowest BCUT2D eigenvalue weighted by molar-refractivity contribution is 0.559. The van der Waals surface area contributed by atoms with Crippen LogP contribution in [0.3, 0.4) is 0 Å². The van der Waals surface area contributed by atoms with Crippen LogP contribution in [-0.2, 0) is 6.54 Å². The molecule has 1 N–H and O–H groups in total. The van der Waals surface area contributed by atoms with Gasteiger partial charge in [-0.15, -0.1) is 0 Å². The number of nitrogens with one attached hydrogen (secondary N) is 1. The topological polar surface area (TPSA) is 46.9 Å². The predicted molar refractivity (Wildman–Crippen MR) is 69.0 cm³/mol. The van der Waals surface area contributed by atoms with Gasteiger partial charge < -0.3 is 5.32 Å². The van der Waals surface area contributed by atoms with Gasteiger partial charge in [0.2, 0.25) is 0 Å². The number of nitrogens with zero attached hydrogens (tertiary/aromatic N) is 2. The van der Waals surface area contributed by atoms with E-state index >= 15 is 0 Å². The van der Waals surface area contributed by atoms with Gasteiger partial charge in [0.05, 0.1) is 9.90 Å². The van der Waals surface area contributed by atoms with Gasteiger partial charge in [-0.25, -0.2) is 4.98 Å². The number of unbranched alkanes of at least 4 members (excludes halogenated alkanes) is 1. The van der Waals surface area contributed by atoms with Crippen LogP contribution in [0.2, 0.25) is 0 Å². The Morgan fingerprint density at radius 1 is 1.53 bits per heavy atom. The van der Waals surface area contributed by atoms with Crippen molar-refractivity contribution in [3.05, 3.63) is 26.4 Å². The average molecular weight is 321 g/mol. The van der Waals surface area contributed by atoms with Gasteiger partial charge >= 0.3 is 0 Å². The minimum atomic E-state index is 0.0639. The van der Waals surface area contributed by atoms with Gasteiger partial charge in [-0.05, 0) is 48.5 Å². The maximum absolute atomic E-state index is 11.6. The molecule has 0 aromatic carbocycles. The van der Waals surface area contributed by atoms with E-state index in [1.54, 1.807) is 17.1 Å². The van der Waals surface area contributed by atoms with Crippen molar-refractivity contribution in [1.82, 2.24) is 14.9 Å². The van der Waals surface area contributed by atoms with Gasteiger partial charge in [0.15, 0.2) is 0 Å². The molecular formula is C10H16IN3O. The summed E-state index contributed by atoms with van der Waals surface area (Å²) in [6.45, 7) is 4.87. The molecule has 15 heavy (non-hydrogen) atoms. The normalized spacial score (nSPS) is 10.5. The number of halogens is 1. The molecule has 0 aliphatic heterocycles. The van der Waals surface area contributed by atoms with E-state index in [-0.39, 0.29) is 5.56 Å². The van der Waals surface area contributed by atoms with E-state index in [0.29, 0.717) is 3.57 Å². The van der Waals surface area contributed by atoms with Crippen LogP contribution in [0.15, 0.2) is 17.3 Å². The highest BCUT2D eigenvalue weighted by molar-refractivity contribution is 14.1. The van der Waals surface area contributed by atoms with E-state index in [4.69, 9.17) is 0 Å². The molecule has 0 saturated heterocycles. The van der Waals surface area contributed by atoms with Crippen molar-refractivity contribution in [2.45, 2.75) is 26.3 Å². The molecule has 0 spiro atoms. The third-order valence-corrected chi connectivity index (χ3v) is 2.85. The third kappa shape index (κ3) is 4.29. The first-order valence-electron chi connectivity index (χ1n) is 5.16. The van der Waals surface area contributed by atoms with E-state index in [2.05, 4.69) is 17.2 Å². The summed E-state index contributed by atoms with van der Waals surface area (Å²) in [4.78, 5) is 15.6. The molecule has 0 atom stereocenters. The van der Waals surface area contributed by atoms with Crippen LogP contribution in [0.4, 0.5) is 0 Å². The quantitative estimate of drug-likeness (QED) is 0.633. The van der Waals surface area contributed by atoms with Crippen LogP contribution in [0.5, 0.6) is 0 Å². The maximum Gasteiger partial charge on any atom is 0.266 e. The van der Waals surface area contributed by atoms with Gasteiger partial charge in [0.25, 0.3) is 5.56 Å². The Bertz CT molecular complexity index is 351. The average Bonchev–Trinajstić information content (AvgIpc) is 2.24. The second kappa shape index (κ2) is 6.95. The van der Waals surface area contributed by atoms with Crippen LogP contribution in [0.25, 0.3) is 0 Å². The minimum Gasteiger partial charge on any atom is -0.317 e. The molecular weight excluding hydrogens is 305 g/mol. The summed E-state index contributed by atoms with van der Waals surface area (Å²) in [7, 11) is 0. The van der Waals surface area contributed by atoms with Crippen molar-refractivity contribution < 1.29 is 0 Å². The Kier molecular flexibility index (Phi) is 5.85. The molecule has 1 aromatic rings. The molecule has 0 aliphatic carbocycles. The van der Waals surface area contributed by atoms with Crippen LogP contribution in [0, 0.1) is 3.57 Å². The molecule has 0 fully saturated rings. The molecule has 1 rings (SSSR count). The summed E-state index contributed by atoms with van der Waals surface area (Å²) < 4.78 is 2.36. The van der Waals surface area contributed by atoms with E-state index in [0.717, 1.165) is 32.5 Å². The largest absolute Gasteiger partial charge is 0.317 e. The van der Waals surface area contributed by atoms with E-state index in [1.165, 1.54) is 0 Å². The minimum absolute atomic E-state index is 0.0639. The molecule has 0 amide bonds. The number of aryl methyl sites for hydroxylation is 1. The van der Waals surface area contributed by atoms with Crippen molar-refractivity contribution in [1.29, 1.82) is 0 Å². The Morgan fingerprint density at radius 3 is 3.07 bits per heavy atom. The second-order valence-electron chi connectivity index (χ2n) is 3.30. The fourth-order valence-electron chi connectivity index (χ4n) is 1.29. The standard InChI is InChI=1S/C10H16IN3O/c1-2-12-5-3-4-6-14-8-13-7-9(11)10(14)15/h7-8,12H,2-6H2,1H3. The SMILES string of the molecule is CCNCCCCn1cncc(I)c1=O. The second-order valence-corrected chi connectivity index (χ2v) is 4.46. The number of hydrogen-bond acceptors (Lipinski definition) is 3. The molecule has 0 unspecified atom stereocenters. The number of aromatic nitrogens is 2. The monoisotopic (exact) mass is 321 g/mol. The lowest BCUT2D eigenvalue weighted by atomic mass is 10.3. The summed E-state index contributed by atoms with van der Waals surface area (Å²) in [6, 6.07) is 0. The molecule has 0 saturated carbocycles. The molecule has 0 radical (unpaired) electrons. The van der Waals surface area contributed by atoms with Crippen LogP contribution >= 0.6 is 22.6 Å². The third-order valence-electron chi connectivity index (χ3n) is 2.11. The Hall–Kier alpha value is -0.430. The van der Waals surface area contributed by atoms with E-state index in [9.17, 15) is 4.79 Å². The van der Waals surface area contributed by atoms with Crippen LogP contribution in [-0.4, -0.2) is 22.6 Å². The Morgan fingerprint density at radius 2 is 2.33 bits per heavy atom. The highest BCUT2D eigenvalue weighted by atomic mass is 127. The van der Waals surface area contributed by atoms with Gasteiger partial charge in [-0.1, -0.05) is 6.92 Å². The van der Waals surface area contributed by atoms with Gasteiger partial charge in [-0.2, -0.15) is 0 Å². The van der Waals surface area contributed by atoms with E-state index < -0.39 is 0 Å². The van der Waals surface area contributed by atoms with Crippen LogP contribution in [0.1, 0.15) is 19.8 Å². The van der Waals surface area contributed by atoms with Crippen LogP contribution < -0.4 is 10.9 Å². The van der Waals surface area contributed by atoms with E-state index in [1.807, 2.05) is 22.6 Å².